The normalized spacial score (nSPS) is 12.9. The van der Waals surface area contributed by atoms with Crippen LogP contribution in [-0.2, 0) is 4.74 Å². The van der Waals surface area contributed by atoms with Crippen molar-refractivity contribution < 1.29 is 19.1 Å². The number of hydrogen-bond acceptors (Lipinski definition) is 6. The lowest BCUT2D eigenvalue weighted by molar-refractivity contribution is 0.0605. The molecule has 0 atom stereocenters. The molecule has 0 spiro atoms. The maximum Gasteiger partial charge on any atom is 0.348 e. The minimum atomic E-state index is -0.541. The van der Waals surface area contributed by atoms with Crippen molar-refractivity contribution in [2.75, 3.05) is 7.11 Å². The van der Waals surface area contributed by atoms with Gasteiger partial charge < -0.3 is 4.74 Å². The van der Waals surface area contributed by atoms with Crippen LogP contribution in [0.4, 0.5) is 0 Å². The first-order valence-corrected chi connectivity index (χ1v) is 7.05. The Bertz CT molecular complexity index is 819. The summed E-state index contributed by atoms with van der Waals surface area (Å²) in [7, 11) is 1.27. The molecule has 3 rings (SSSR count). The predicted octanol–water partition coefficient (Wildman–Crippen LogP) is 2.32. The highest BCUT2D eigenvalue weighted by molar-refractivity contribution is 7.16. The number of methoxy groups -OCH3 is 1. The van der Waals surface area contributed by atoms with Crippen LogP contribution in [0, 0.1) is 13.8 Å². The molecule has 0 amide bonds. The van der Waals surface area contributed by atoms with E-state index in [4.69, 9.17) is 4.74 Å². The van der Waals surface area contributed by atoms with Crippen molar-refractivity contribution in [1.82, 2.24) is 4.98 Å². The summed E-state index contributed by atoms with van der Waals surface area (Å²) in [6, 6.07) is 1.65. The molecule has 0 radical (unpaired) electrons. The molecule has 106 valence electrons. The summed E-state index contributed by atoms with van der Waals surface area (Å²) >= 11 is 0.989. The standard InChI is InChI=1S/C15H11NO4S/c1-6-4-8-10(16-5-6)12(18)14-9(11(8)17)7(2)13(21-14)15(19)20-3/h4-5H,1-3H3. The highest BCUT2D eigenvalue weighted by atomic mass is 32.1. The Balaban J connectivity index is 2.27. The predicted molar refractivity (Wildman–Crippen MR) is 76.2 cm³/mol. The topological polar surface area (TPSA) is 73.3 Å². The van der Waals surface area contributed by atoms with Gasteiger partial charge in [0.25, 0.3) is 0 Å². The quantitative estimate of drug-likeness (QED) is 0.645. The van der Waals surface area contributed by atoms with Crippen LogP contribution in [-0.4, -0.2) is 29.6 Å². The molecular weight excluding hydrogens is 290 g/mol. The molecule has 0 N–H and O–H groups in total. The van der Waals surface area contributed by atoms with Gasteiger partial charge >= 0.3 is 5.97 Å². The summed E-state index contributed by atoms with van der Waals surface area (Å²) in [5.41, 5.74) is 2.04. The average molecular weight is 301 g/mol. The first kappa shape index (κ1) is 13.6. The molecule has 2 aromatic rings. The lowest BCUT2D eigenvalue weighted by atomic mass is 9.89. The van der Waals surface area contributed by atoms with Crippen LogP contribution in [0.2, 0.25) is 0 Å². The van der Waals surface area contributed by atoms with Crippen molar-refractivity contribution in [3.63, 3.8) is 0 Å². The number of thiophene rings is 1. The summed E-state index contributed by atoms with van der Waals surface area (Å²) in [5, 5.41) is 0. The van der Waals surface area contributed by atoms with Crippen molar-refractivity contribution in [3.8, 4) is 0 Å². The fourth-order valence-electron chi connectivity index (χ4n) is 2.40. The number of nitrogens with zero attached hydrogens (tertiary/aromatic N) is 1. The van der Waals surface area contributed by atoms with Crippen LogP contribution in [0.25, 0.3) is 0 Å². The number of hydrogen-bond donors (Lipinski definition) is 0. The van der Waals surface area contributed by atoms with E-state index in [0.717, 1.165) is 16.9 Å². The summed E-state index contributed by atoms with van der Waals surface area (Å²) in [6.45, 7) is 3.46. The summed E-state index contributed by atoms with van der Waals surface area (Å²) in [4.78, 5) is 41.5. The van der Waals surface area contributed by atoms with Crippen molar-refractivity contribution in [2.45, 2.75) is 13.8 Å². The number of carbonyl (C=O) groups excluding carboxylic acids is 3. The van der Waals surface area contributed by atoms with Gasteiger partial charge in [-0.3, -0.25) is 14.6 Å². The van der Waals surface area contributed by atoms with Gasteiger partial charge in [0.15, 0.2) is 5.78 Å². The van der Waals surface area contributed by atoms with Gasteiger partial charge in [0.2, 0.25) is 5.78 Å². The zero-order valence-electron chi connectivity index (χ0n) is 11.6. The van der Waals surface area contributed by atoms with Gasteiger partial charge in [-0.25, -0.2) is 4.79 Å². The molecule has 21 heavy (non-hydrogen) atoms. The molecule has 6 heteroatoms. The lowest BCUT2D eigenvalue weighted by Gasteiger charge is -2.14. The van der Waals surface area contributed by atoms with E-state index in [9.17, 15) is 14.4 Å². The second kappa shape index (κ2) is 4.60. The number of aromatic nitrogens is 1. The number of aryl methyl sites for hydroxylation is 1. The number of ketones is 2. The molecule has 1 aliphatic carbocycles. The molecule has 0 aliphatic heterocycles. The number of ether oxygens (including phenoxy) is 1. The Kier molecular flexibility index (Phi) is 2.98. The highest BCUT2D eigenvalue weighted by Gasteiger charge is 2.36. The van der Waals surface area contributed by atoms with E-state index in [0.29, 0.717) is 16.7 Å². The van der Waals surface area contributed by atoms with Crippen LogP contribution in [0.1, 0.15) is 52.1 Å². The van der Waals surface area contributed by atoms with E-state index >= 15 is 0 Å². The largest absolute Gasteiger partial charge is 0.465 e. The van der Waals surface area contributed by atoms with E-state index in [1.165, 1.54) is 7.11 Å². The zero-order chi connectivity index (χ0) is 15.3. The molecule has 0 fully saturated rings. The van der Waals surface area contributed by atoms with Crippen LogP contribution in [0.3, 0.4) is 0 Å². The lowest BCUT2D eigenvalue weighted by Crippen LogP contribution is -2.21. The molecule has 0 bridgehead atoms. The first-order chi connectivity index (χ1) is 9.95. The summed E-state index contributed by atoms with van der Waals surface area (Å²) in [6.07, 6.45) is 1.55. The third-order valence-electron chi connectivity index (χ3n) is 3.43. The van der Waals surface area contributed by atoms with Crippen LogP contribution in [0.15, 0.2) is 12.3 Å². The van der Waals surface area contributed by atoms with Gasteiger partial charge in [0.05, 0.1) is 17.6 Å². The Morgan fingerprint density at radius 1 is 1.24 bits per heavy atom. The molecule has 2 heterocycles. The van der Waals surface area contributed by atoms with Crippen LogP contribution >= 0.6 is 11.3 Å². The maximum absolute atomic E-state index is 12.6. The van der Waals surface area contributed by atoms with Gasteiger partial charge in [-0.05, 0) is 31.0 Å². The monoisotopic (exact) mass is 301 g/mol. The van der Waals surface area contributed by atoms with Crippen LogP contribution in [0.5, 0.6) is 0 Å². The molecule has 2 aromatic heterocycles. The Hall–Kier alpha value is -2.34. The van der Waals surface area contributed by atoms with E-state index in [1.807, 2.05) is 0 Å². The van der Waals surface area contributed by atoms with Crippen molar-refractivity contribution in [2.24, 2.45) is 0 Å². The van der Waals surface area contributed by atoms with E-state index < -0.39 is 5.97 Å². The summed E-state index contributed by atoms with van der Waals surface area (Å²) < 4.78 is 4.69. The number of fused-ring (bicyclic) bond motifs is 2. The second-order valence-corrected chi connectivity index (χ2v) is 5.84. The molecule has 5 nitrogen and oxygen atoms in total. The van der Waals surface area contributed by atoms with Crippen molar-refractivity contribution in [1.29, 1.82) is 0 Å². The molecule has 0 unspecified atom stereocenters. The summed E-state index contributed by atoms with van der Waals surface area (Å²) in [5.74, 6) is -1.12. The van der Waals surface area contributed by atoms with Crippen LogP contribution < -0.4 is 0 Å². The van der Waals surface area contributed by atoms with Crippen molar-refractivity contribution in [3.05, 3.63) is 50.0 Å². The Labute approximate surface area is 124 Å². The molecule has 0 aromatic carbocycles. The average Bonchev–Trinajstić information content (AvgIpc) is 2.82. The zero-order valence-corrected chi connectivity index (χ0v) is 12.5. The third-order valence-corrected chi connectivity index (χ3v) is 4.71. The highest BCUT2D eigenvalue weighted by Crippen LogP contribution is 2.36. The molecular formula is C15H11NO4S. The molecule has 0 saturated heterocycles. The Morgan fingerprint density at radius 3 is 2.62 bits per heavy atom. The molecule has 0 saturated carbocycles. The smallest absolute Gasteiger partial charge is 0.348 e. The number of rotatable bonds is 1. The van der Waals surface area contributed by atoms with Gasteiger partial charge in [-0.1, -0.05) is 0 Å². The van der Waals surface area contributed by atoms with Gasteiger partial charge in [-0.2, -0.15) is 0 Å². The SMILES string of the molecule is COC(=O)c1sc2c(c1C)C(=O)c1cc(C)cnc1C2=O. The minimum absolute atomic E-state index is 0.149. The minimum Gasteiger partial charge on any atom is -0.465 e. The Morgan fingerprint density at radius 2 is 1.95 bits per heavy atom. The third kappa shape index (κ3) is 1.83. The van der Waals surface area contributed by atoms with Gasteiger partial charge in [0.1, 0.15) is 10.6 Å². The molecule has 1 aliphatic rings. The van der Waals surface area contributed by atoms with E-state index in [-0.39, 0.29) is 27.0 Å². The number of pyridine rings is 1. The first-order valence-electron chi connectivity index (χ1n) is 6.23. The number of carbonyl (C=O) groups is 3. The van der Waals surface area contributed by atoms with E-state index in [1.54, 1.807) is 26.1 Å². The fraction of sp³-hybridized carbons (Fsp3) is 0.200. The number of esters is 1. The van der Waals surface area contributed by atoms with Gasteiger partial charge in [0, 0.05) is 11.8 Å². The van der Waals surface area contributed by atoms with E-state index in [2.05, 4.69) is 4.98 Å². The fourth-order valence-corrected chi connectivity index (χ4v) is 3.56. The second-order valence-electron chi connectivity index (χ2n) is 4.82. The van der Waals surface area contributed by atoms with Crippen molar-refractivity contribution >= 4 is 28.9 Å². The maximum atomic E-state index is 12.6. The van der Waals surface area contributed by atoms with Gasteiger partial charge in [-0.15, -0.1) is 11.3 Å².